The highest BCUT2D eigenvalue weighted by molar-refractivity contribution is 5.86. The molecule has 0 spiro atoms. The maximum Gasteiger partial charge on any atom is 0.341 e. The minimum atomic E-state index is -0.981. The number of aliphatic carboxylic acids is 1. The number of rotatable bonds is 9. The van der Waals surface area contributed by atoms with Crippen LogP contribution < -0.4 is 14.8 Å². The zero-order valence-corrected chi connectivity index (χ0v) is 21.7. The Kier molecular flexibility index (Phi) is 8.70. The third kappa shape index (κ3) is 6.24. The summed E-state index contributed by atoms with van der Waals surface area (Å²) in [6, 6.07) is 29.3. The molecular weight excluding hydrogens is 486 g/mol. The Morgan fingerprint density at radius 3 is 2.68 bits per heavy atom. The van der Waals surface area contributed by atoms with Crippen LogP contribution in [0.4, 0.5) is 0 Å². The highest BCUT2D eigenvalue weighted by Gasteiger charge is 2.29. The molecule has 192 valence electrons. The number of carbonyl (C=O) groups is 1. The number of benzene rings is 4. The van der Waals surface area contributed by atoms with E-state index in [9.17, 15) is 4.79 Å². The molecule has 2 atom stereocenters. The lowest BCUT2D eigenvalue weighted by molar-refractivity contribution is -0.139. The van der Waals surface area contributed by atoms with Crippen molar-refractivity contribution in [2.45, 2.75) is 31.8 Å². The Hall–Kier alpha value is -3.54. The van der Waals surface area contributed by atoms with E-state index in [1.165, 1.54) is 16.3 Å². The van der Waals surface area contributed by atoms with E-state index in [1.807, 2.05) is 37.3 Å². The molecule has 1 aliphatic heterocycles. The first-order valence-corrected chi connectivity index (χ1v) is 12.5. The number of para-hydroxylation sites is 1. The number of carboxylic acids is 1. The molecule has 0 fully saturated rings. The predicted molar refractivity (Wildman–Crippen MR) is 149 cm³/mol. The zero-order valence-electron chi connectivity index (χ0n) is 20.9. The lowest BCUT2D eigenvalue weighted by Crippen LogP contribution is -2.36. The normalized spacial score (nSPS) is 16.4. The van der Waals surface area contributed by atoms with Gasteiger partial charge >= 0.3 is 5.97 Å². The fraction of sp³-hybridized carbons (Fsp3) is 0.258. The summed E-state index contributed by atoms with van der Waals surface area (Å²) in [5.41, 5.74) is 4.53. The molecule has 5 nitrogen and oxygen atoms in total. The van der Waals surface area contributed by atoms with Gasteiger partial charge in [0, 0.05) is 18.0 Å². The molecule has 0 bridgehead atoms. The first kappa shape index (κ1) is 26.5. The van der Waals surface area contributed by atoms with Crippen molar-refractivity contribution < 1.29 is 19.4 Å². The van der Waals surface area contributed by atoms with E-state index in [0.29, 0.717) is 5.75 Å². The summed E-state index contributed by atoms with van der Waals surface area (Å²) < 4.78 is 11.9. The van der Waals surface area contributed by atoms with Crippen LogP contribution in [0.5, 0.6) is 11.5 Å². The standard InChI is InChI=1S/C31H31NO4.ClH/c1-21-13-14-24(17-30(21)35-20-31(33)34)28-18-25(36-29-12-5-4-11-27(28)29)19-32-16-15-23-9-6-8-22-7-2-3-10-26(22)23;/h2-14,17,25,28,32H,15-16,18-20H2,1H3,(H,33,34);1H. The van der Waals surface area contributed by atoms with Crippen molar-refractivity contribution in [2.75, 3.05) is 19.7 Å². The van der Waals surface area contributed by atoms with Gasteiger partial charge in [-0.3, -0.25) is 0 Å². The first-order valence-electron chi connectivity index (χ1n) is 12.5. The van der Waals surface area contributed by atoms with E-state index in [2.05, 4.69) is 59.9 Å². The molecule has 2 unspecified atom stereocenters. The molecule has 0 saturated heterocycles. The zero-order chi connectivity index (χ0) is 24.9. The fourth-order valence-electron chi connectivity index (χ4n) is 5.06. The average Bonchev–Trinajstić information content (AvgIpc) is 2.90. The van der Waals surface area contributed by atoms with E-state index in [4.69, 9.17) is 14.6 Å². The molecule has 0 saturated carbocycles. The second kappa shape index (κ2) is 12.1. The summed E-state index contributed by atoms with van der Waals surface area (Å²) >= 11 is 0. The number of ether oxygens (including phenoxy) is 2. The summed E-state index contributed by atoms with van der Waals surface area (Å²) in [7, 11) is 0. The fourth-order valence-corrected chi connectivity index (χ4v) is 5.06. The van der Waals surface area contributed by atoms with Crippen LogP contribution >= 0.6 is 12.4 Å². The Labute approximate surface area is 223 Å². The molecule has 4 aromatic carbocycles. The summed E-state index contributed by atoms with van der Waals surface area (Å²) in [5.74, 6) is 0.685. The van der Waals surface area contributed by atoms with Gasteiger partial charge in [-0.05, 0) is 65.9 Å². The number of fused-ring (bicyclic) bond motifs is 2. The molecule has 1 aliphatic rings. The van der Waals surface area contributed by atoms with Crippen LogP contribution in [0.25, 0.3) is 10.8 Å². The number of carboxylic acid groups (broad SMARTS) is 1. The summed E-state index contributed by atoms with van der Waals surface area (Å²) in [6.45, 7) is 3.21. The quantitative estimate of drug-likeness (QED) is 0.261. The number of hydrogen-bond acceptors (Lipinski definition) is 4. The topological polar surface area (TPSA) is 67.8 Å². The molecular formula is C31H32ClNO4. The molecule has 6 heteroatoms. The molecule has 2 N–H and O–H groups in total. The van der Waals surface area contributed by atoms with Crippen LogP contribution in [0.1, 0.15) is 34.6 Å². The van der Waals surface area contributed by atoms with Gasteiger partial charge in [-0.2, -0.15) is 0 Å². The van der Waals surface area contributed by atoms with Crippen LogP contribution in [0.15, 0.2) is 84.9 Å². The average molecular weight is 518 g/mol. The maximum absolute atomic E-state index is 11.0. The van der Waals surface area contributed by atoms with Gasteiger partial charge in [0.2, 0.25) is 0 Å². The second-order valence-corrected chi connectivity index (χ2v) is 9.37. The van der Waals surface area contributed by atoms with Gasteiger partial charge in [-0.1, -0.05) is 72.8 Å². The molecule has 0 radical (unpaired) electrons. The highest BCUT2D eigenvalue weighted by atomic mass is 35.5. The van der Waals surface area contributed by atoms with Crippen molar-refractivity contribution in [1.82, 2.24) is 5.32 Å². The minimum absolute atomic E-state index is 0. The molecule has 0 aromatic heterocycles. The maximum atomic E-state index is 11.0. The number of aryl methyl sites for hydroxylation is 1. The number of halogens is 1. The number of nitrogens with one attached hydrogen (secondary N) is 1. The summed E-state index contributed by atoms with van der Waals surface area (Å²) in [5, 5.41) is 15.2. The lowest BCUT2D eigenvalue weighted by Gasteiger charge is -2.33. The van der Waals surface area contributed by atoms with E-state index in [1.54, 1.807) is 0 Å². The summed E-state index contributed by atoms with van der Waals surface area (Å²) in [4.78, 5) is 11.0. The second-order valence-electron chi connectivity index (χ2n) is 9.37. The monoisotopic (exact) mass is 517 g/mol. The molecule has 0 amide bonds. The first-order chi connectivity index (χ1) is 17.6. The Morgan fingerprint density at radius 1 is 1.03 bits per heavy atom. The van der Waals surface area contributed by atoms with Crippen LogP contribution in [0.2, 0.25) is 0 Å². The van der Waals surface area contributed by atoms with Crippen molar-refractivity contribution >= 4 is 29.1 Å². The Bertz CT molecular complexity index is 1370. The Morgan fingerprint density at radius 2 is 1.81 bits per heavy atom. The van der Waals surface area contributed by atoms with Crippen LogP contribution in [0.3, 0.4) is 0 Å². The van der Waals surface area contributed by atoms with Crippen molar-refractivity contribution in [3.05, 3.63) is 107 Å². The predicted octanol–water partition coefficient (Wildman–Crippen LogP) is 6.15. The van der Waals surface area contributed by atoms with Gasteiger partial charge in [0.05, 0.1) is 0 Å². The lowest BCUT2D eigenvalue weighted by atomic mass is 9.83. The third-order valence-corrected chi connectivity index (χ3v) is 6.88. The van der Waals surface area contributed by atoms with Crippen LogP contribution in [0, 0.1) is 6.92 Å². The van der Waals surface area contributed by atoms with Gasteiger partial charge in [0.25, 0.3) is 0 Å². The summed E-state index contributed by atoms with van der Waals surface area (Å²) in [6.07, 6.45) is 1.82. The van der Waals surface area contributed by atoms with E-state index in [-0.39, 0.29) is 31.0 Å². The largest absolute Gasteiger partial charge is 0.489 e. The van der Waals surface area contributed by atoms with Crippen LogP contribution in [-0.2, 0) is 11.2 Å². The van der Waals surface area contributed by atoms with Gasteiger partial charge in [-0.25, -0.2) is 4.79 Å². The Balaban J connectivity index is 0.00000320. The highest BCUT2D eigenvalue weighted by Crippen LogP contribution is 2.41. The van der Waals surface area contributed by atoms with Crippen molar-refractivity contribution in [3.63, 3.8) is 0 Å². The van der Waals surface area contributed by atoms with Crippen molar-refractivity contribution in [3.8, 4) is 11.5 Å². The van der Waals surface area contributed by atoms with Gasteiger partial charge in [0.1, 0.15) is 17.6 Å². The van der Waals surface area contributed by atoms with Crippen LogP contribution in [-0.4, -0.2) is 36.9 Å². The van der Waals surface area contributed by atoms with Crippen molar-refractivity contribution in [1.29, 1.82) is 0 Å². The molecule has 4 aromatic rings. The SMILES string of the molecule is Cc1ccc(C2CC(CNCCc3cccc4ccccc34)Oc3ccccc32)cc1OCC(=O)O.Cl. The molecule has 0 aliphatic carbocycles. The van der Waals surface area contributed by atoms with Gasteiger partial charge < -0.3 is 19.9 Å². The van der Waals surface area contributed by atoms with E-state index >= 15 is 0 Å². The minimum Gasteiger partial charge on any atom is -0.489 e. The van der Waals surface area contributed by atoms with E-state index < -0.39 is 5.97 Å². The van der Waals surface area contributed by atoms with Gasteiger partial charge in [-0.15, -0.1) is 12.4 Å². The number of hydrogen-bond donors (Lipinski definition) is 2. The molecule has 5 rings (SSSR count). The van der Waals surface area contributed by atoms with E-state index in [0.717, 1.165) is 48.4 Å². The molecule has 1 heterocycles. The smallest absolute Gasteiger partial charge is 0.341 e. The van der Waals surface area contributed by atoms with Gasteiger partial charge in [0.15, 0.2) is 6.61 Å². The molecule has 37 heavy (non-hydrogen) atoms. The van der Waals surface area contributed by atoms with Crippen molar-refractivity contribution in [2.24, 2.45) is 0 Å². The third-order valence-electron chi connectivity index (χ3n) is 6.88.